The van der Waals surface area contributed by atoms with Gasteiger partial charge >= 0.3 is 0 Å². The van der Waals surface area contributed by atoms with Gasteiger partial charge < -0.3 is 15.0 Å². The minimum absolute atomic E-state index is 0.0423. The second-order valence-corrected chi connectivity index (χ2v) is 7.63. The van der Waals surface area contributed by atoms with Gasteiger partial charge in [0, 0.05) is 17.6 Å². The number of ether oxygens (including phenoxy) is 1. The van der Waals surface area contributed by atoms with E-state index in [9.17, 15) is 9.59 Å². The molecular weight excluding hydrogens is 388 g/mol. The number of rotatable bonds is 9. The normalized spacial score (nSPS) is 12.7. The van der Waals surface area contributed by atoms with Crippen LogP contribution < -0.4 is 10.1 Å². The average Bonchev–Trinajstić information content (AvgIpc) is 2.71. The highest BCUT2D eigenvalue weighted by Gasteiger charge is 2.27. The van der Waals surface area contributed by atoms with Crippen molar-refractivity contribution in [2.45, 2.75) is 52.7 Å². The SMILES string of the molecule is CC[C@@H](C)NC(=O)[C@H](C)N(Cc1ccc(Cl)cc1)C(=O)COc1ccccc1C. The predicted octanol–water partition coefficient (Wildman–Crippen LogP) is 4.36. The van der Waals surface area contributed by atoms with Gasteiger partial charge in [0.25, 0.3) is 5.91 Å². The topological polar surface area (TPSA) is 58.6 Å². The zero-order valence-corrected chi connectivity index (χ0v) is 18.2. The van der Waals surface area contributed by atoms with Crippen LogP contribution in [0.2, 0.25) is 5.02 Å². The van der Waals surface area contributed by atoms with Crippen molar-refractivity contribution >= 4 is 23.4 Å². The Morgan fingerprint density at radius 1 is 1.10 bits per heavy atom. The fourth-order valence-electron chi connectivity index (χ4n) is 2.78. The summed E-state index contributed by atoms with van der Waals surface area (Å²) < 4.78 is 5.72. The summed E-state index contributed by atoms with van der Waals surface area (Å²) in [4.78, 5) is 27.2. The molecule has 0 aliphatic rings. The Kier molecular flexibility index (Phi) is 8.52. The number of hydrogen-bond donors (Lipinski definition) is 1. The fraction of sp³-hybridized carbons (Fsp3) is 0.391. The number of halogens is 1. The number of aryl methyl sites for hydroxylation is 1. The quantitative estimate of drug-likeness (QED) is 0.660. The van der Waals surface area contributed by atoms with Crippen LogP contribution in [0.4, 0.5) is 0 Å². The van der Waals surface area contributed by atoms with Crippen molar-refractivity contribution in [3.8, 4) is 5.75 Å². The number of nitrogens with one attached hydrogen (secondary N) is 1. The number of hydrogen-bond acceptors (Lipinski definition) is 3. The molecule has 0 saturated carbocycles. The smallest absolute Gasteiger partial charge is 0.261 e. The third-order valence-corrected chi connectivity index (χ3v) is 5.13. The molecule has 0 aliphatic heterocycles. The fourth-order valence-corrected chi connectivity index (χ4v) is 2.90. The van der Waals surface area contributed by atoms with Crippen molar-refractivity contribution < 1.29 is 14.3 Å². The second kappa shape index (κ2) is 10.9. The van der Waals surface area contributed by atoms with E-state index in [1.165, 1.54) is 0 Å². The zero-order chi connectivity index (χ0) is 21.4. The second-order valence-electron chi connectivity index (χ2n) is 7.20. The van der Waals surface area contributed by atoms with Gasteiger partial charge in [0.15, 0.2) is 6.61 Å². The molecule has 2 aromatic carbocycles. The largest absolute Gasteiger partial charge is 0.484 e. The van der Waals surface area contributed by atoms with Crippen molar-refractivity contribution in [3.05, 3.63) is 64.7 Å². The monoisotopic (exact) mass is 416 g/mol. The van der Waals surface area contributed by atoms with Gasteiger partial charge in [-0.25, -0.2) is 0 Å². The molecule has 2 atom stereocenters. The molecule has 156 valence electrons. The molecule has 0 aromatic heterocycles. The Hall–Kier alpha value is -2.53. The summed E-state index contributed by atoms with van der Waals surface area (Å²) in [5.74, 6) is 0.219. The van der Waals surface area contributed by atoms with E-state index in [2.05, 4.69) is 5.32 Å². The molecule has 0 spiro atoms. The Labute approximate surface area is 178 Å². The van der Waals surface area contributed by atoms with Gasteiger partial charge in [-0.2, -0.15) is 0 Å². The summed E-state index contributed by atoms with van der Waals surface area (Å²) in [5, 5.41) is 3.57. The molecular formula is C23H29ClN2O3. The summed E-state index contributed by atoms with van der Waals surface area (Å²) in [6.07, 6.45) is 0.819. The molecule has 1 N–H and O–H groups in total. The van der Waals surface area contributed by atoms with Crippen molar-refractivity contribution in [2.24, 2.45) is 0 Å². The summed E-state index contributed by atoms with van der Waals surface area (Å²) in [7, 11) is 0. The third kappa shape index (κ3) is 6.79. The molecule has 6 heteroatoms. The van der Waals surface area contributed by atoms with Crippen LogP contribution in [-0.4, -0.2) is 35.4 Å². The highest BCUT2D eigenvalue weighted by molar-refractivity contribution is 6.30. The van der Waals surface area contributed by atoms with E-state index in [4.69, 9.17) is 16.3 Å². The van der Waals surface area contributed by atoms with Gasteiger partial charge in [-0.15, -0.1) is 0 Å². The number of para-hydroxylation sites is 1. The molecule has 29 heavy (non-hydrogen) atoms. The predicted molar refractivity (Wildman–Crippen MR) is 116 cm³/mol. The molecule has 0 radical (unpaired) electrons. The highest BCUT2D eigenvalue weighted by Crippen LogP contribution is 2.18. The van der Waals surface area contributed by atoms with E-state index < -0.39 is 6.04 Å². The molecule has 0 aliphatic carbocycles. The Balaban J connectivity index is 2.15. The van der Waals surface area contributed by atoms with Crippen molar-refractivity contribution in [3.63, 3.8) is 0 Å². The maximum atomic E-state index is 13.0. The molecule has 0 heterocycles. The third-order valence-electron chi connectivity index (χ3n) is 4.88. The average molecular weight is 417 g/mol. The van der Waals surface area contributed by atoms with Crippen molar-refractivity contribution in [2.75, 3.05) is 6.61 Å². The van der Waals surface area contributed by atoms with Crippen LogP contribution in [0.3, 0.4) is 0 Å². The first kappa shape index (κ1) is 22.8. The first-order chi connectivity index (χ1) is 13.8. The summed E-state index contributed by atoms with van der Waals surface area (Å²) in [6.45, 7) is 7.76. The van der Waals surface area contributed by atoms with E-state index in [1.54, 1.807) is 24.0 Å². The zero-order valence-electron chi connectivity index (χ0n) is 17.4. The minimum atomic E-state index is -0.632. The molecule has 0 fully saturated rings. The lowest BCUT2D eigenvalue weighted by Crippen LogP contribution is -2.50. The van der Waals surface area contributed by atoms with E-state index in [0.29, 0.717) is 17.3 Å². The van der Waals surface area contributed by atoms with Gasteiger partial charge in [0.1, 0.15) is 11.8 Å². The molecule has 2 aromatic rings. The number of carbonyl (C=O) groups excluding carboxylic acids is 2. The number of benzene rings is 2. The van der Waals surface area contributed by atoms with Crippen LogP contribution in [0.15, 0.2) is 48.5 Å². The van der Waals surface area contributed by atoms with Crippen LogP contribution in [0, 0.1) is 6.92 Å². The molecule has 2 amide bonds. The first-order valence-corrected chi connectivity index (χ1v) is 10.2. The first-order valence-electron chi connectivity index (χ1n) is 9.84. The number of nitrogens with zero attached hydrogens (tertiary/aromatic N) is 1. The van der Waals surface area contributed by atoms with Crippen molar-refractivity contribution in [1.29, 1.82) is 0 Å². The van der Waals surface area contributed by atoms with Gasteiger partial charge in [-0.1, -0.05) is 48.9 Å². The Bertz CT molecular complexity index is 823. The molecule has 0 bridgehead atoms. The number of amides is 2. The van der Waals surface area contributed by atoms with Crippen LogP contribution in [0.1, 0.15) is 38.3 Å². The molecule has 0 saturated heterocycles. The lowest BCUT2D eigenvalue weighted by molar-refractivity contribution is -0.142. The lowest BCUT2D eigenvalue weighted by atomic mass is 10.1. The Morgan fingerprint density at radius 2 is 1.76 bits per heavy atom. The maximum absolute atomic E-state index is 13.0. The summed E-state index contributed by atoms with van der Waals surface area (Å²) in [5.41, 5.74) is 1.84. The van der Waals surface area contributed by atoms with Crippen LogP contribution in [0.5, 0.6) is 5.75 Å². The van der Waals surface area contributed by atoms with Crippen LogP contribution >= 0.6 is 11.6 Å². The van der Waals surface area contributed by atoms with Gasteiger partial charge in [0.2, 0.25) is 5.91 Å². The summed E-state index contributed by atoms with van der Waals surface area (Å²) in [6, 6.07) is 14.2. The van der Waals surface area contributed by atoms with Crippen LogP contribution in [-0.2, 0) is 16.1 Å². The lowest BCUT2D eigenvalue weighted by Gasteiger charge is -2.29. The van der Waals surface area contributed by atoms with Gasteiger partial charge in [-0.05, 0) is 56.5 Å². The molecule has 2 rings (SSSR count). The van der Waals surface area contributed by atoms with E-state index in [1.807, 2.05) is 57.2 Å². The minimum Gasteiger partial charge on any atom is -0.484 e. The number of carbonyl (C=O) groups is 2. The Morgan fingerprint density at radius 3 is 2.38 bits per heavy atom. The molecule has 5 nitrogen and oxygen atoms in total. The standard InChI is InChI=1S/C23H29ClN2O3/c1-5-17(3)25-23(28)18(4)26(14-19-10-12-20(24)13-11-19)22(27)15-29-21-9-7-6-8-16(21)2/h6-13,17-18H,5,14-15H2,1-4H3,(H,25,28)/t17-,18+/m1/s1. The van der Waals surface area contributed by atoms with Gasteiger partial charge in [-0.3, -0.25) is 9.59 Å². The summed E-state index contributed by atoms with van der Waals surface area (Å²) >= 11 is 5.96. The molecule has 0 unspecified atom stereocenters. The van der Waals surface area contributed by atoms with Gasteiger partial charge in [0.05, 0.1) is 0 Å². The maximum Gasteiger partial charge on any atom is 0.261 e. The van der Waals surface area contributed by atoms with Crippen LogP contribution in [0.25, 0.3) is 0 Å². The van der Waals surface area contributed by atoms with E-state index in [-0.39, 0.29) is 24.5 Å². The van der Waals surface area contributed by atoms with Crippen molar-refractivity contribution in [1.82, 2.24) is 10.2 Å². The highest BCUT2D eigenvalue weighted by atomic mass is 35.5. The van der Waals surface area contributed by atoms with E-state index >= 15 is 0 Å². The van der Waals surface area contributed by atoms with E-state index in [0.717, 1.165) is 17.5 Å².